The Morgan fingerprint density at radius 2 is 1.95 bits per heavy atom. The number of amides is 1. The largest absolute Gasteiger partial charge is 0.481 e. The summed E-state index contributed by atoms with van der Waals surface area (Å²) in [5.74, 6) is -1.54. The zero-order valence-corrected chi connectivity index (χ0v) is 12.6. The van der Waals surface area contributed by atoms with E-state index < -0.39 is 23.1 Å². The van der Waals surface area contributed by atoms with Crippen LogP contribution in [0.15, 0.2) is 20.3 Å². The van der Waals surface area contributed by atoms with Crippen LogP contribution in [0.25, 0.3) is 0 Å². The number of H-pyrrole nitrogens is 1. The van der Waals surface area contributed by atoms with E-state index in [9.17, 15) is 19.2 Å². The number of nitrogens with one attached hydrogen (secondary N) is 1. The van der Waals surface area contributed by atoms with Gasteiger partial charge < -0.3 is 10.0 Å². The number of likely N-dealkylation sites (tertiary alicyclic amines) is 1. The van der Waals surface area contributed by atoms with Gasteiger partial charge in [0, 0.05) is 19.3 Å². The lowest BCUT2D eigenvalue weighted by Crippen LogP contribution is -2.43. The van der Waals surface area contributed by atoms with E-state index in [-0.39, 0.29) is 16.9 Å². The topological polar surface area (TPSA) is 112 Å². The van der Waals surface area contributed by atoms with Gasteiger partial charge in [0.05, 0.1) is 10.4 Å². The molecule has 1 aromatic rings. The zero-order valence-electron chi connectivity index (χ0n) is 11.0. The van der Waals surface area contributed by atoms with Gasteiger partial charge in [-0.25, -0.2) is 4.79 Å². The van der Waals surface area contributed by atoms with Crippen molar-refractivity contribution in [3.8, 4) is 0 Å². The third kappa shape index (κ3) is 3.60. The summed E-state index contributed by atoms with van der Waals surface area (Å²) >= 11 is 3.00. The van der Waals surface area contributed by atoms with Crippen molar-refractivity contribution in [1.29, 1.82) is 0 Å². The fourth-order valence-corrected chi connectivity index (χ4v) is 2.57. The number of aromatic amines is 1. The van der Waals surface area contributed by atoms with Gasteiger partial charge in [0.25, 0.3) is 5.56 Å². The van der Waals surface area contributed by atoms with E-state index in [1.807, 2.05) is 0 Å². The Morgan fingerprint density at radius 3 is 2.52 bits per heavy atom. The summed E-state index contributed by atoms with van der Waals surface area (Å²) in [7, 11) is 0. The Morgan fingerprint density at radius 1 is 1.33 bits per heavy atom. The minimum Gasteiger partial charge on any atom is -0.481 e. The van der Waals surface area contributed by atoms with Crippen LogP contribution in [0.5, 0.6) is 0 Å². The molecule has 1 aliphatic heterocycles. The minimum atomic E-state index is -0.845. The van der Waals surface area contributed by atoms with E-state index in [0.29, 0.717) is 25.9 Å². The van der Waals surface area contributed by atoms with Crippen molar-refractivity contribution >= 4 is 27.8 Å². The van der Waals surface area contributed by atoms with Gasteiger partial charge in [0.2, 0.25) is 5.91 Å². The van der Waals surface area contributed by atoms with Crippen LogP contribution in [-0.2, 0) is 16.1 Å². The SMILES string of the molecule is O=C(O)C1CCN(C(=O)Cn2cc(Br)c(=O)[nH]c2=O)CC1. The number of carboxylic acids is 1. The number of rotatable bonds is 3. The van der Waals surface area contributed by atoms with Crippen molar-refractivity contribution in [3.63, 3.8) is 0 Å². The van der Waals surface area contributed by atoms with Gasteiger partial charge in [0.15, 0.2) is 0 Å². The summed E-state index contributed by atoms with van der Waals surface area (Å²) in [5, 5.41) is 8.90. The molecule has 0 radical (unpaired) electrons. The number of hydrogen-bond donors (Lipinski definition) is 2. The molecule has 0 spiro atoms. The predicted molar refractivity (Wildman–Crippen MR) is 76.0 cm³/mol. The van der Waals surface area contributed by atoms with Crippen molar-refractivity contribution in [2.24, 2.45) is 5.92 Å². The molecule has 0 unspecified atom stereocenters. The zero-order chi connectivity index (χ0) is 15.6. The predicted octanol–water partition coefficient (Wildman–Crippen LogP) is -0.378. The van der Waals surface area contributed by atoms with E-state index in [0.717, 1.165) is 4.57 Å². The lowest BCUT2D eigenvalue weighted by Gasteiger charge is -2.30. The van der Waals surface area contributed by atoms with Crippen LogP contribution in [-0.4, -0.2) is 44.5 Å². The van der Waals surface area contributed by atoms with Crippen molar-refractivity contribution in [1.82, 2.24) is 14.5 Å². The highest BCUT2D eigenvalue weighted by Crippen LogP contribution is 2.17. The first kappa shape index (κ1) is 15.5. The van der Waals surface area contributed by atoms with Gasteiger partial charge in [-0.3, -0.25) is 23.9 Å². The molecular formula is C12H14BrN3O5. The van der Waals surface area contributed by atoms with E-state index in [2.05, 4.69) is 20.9 Å². The molecule has 1 aliphatic rings. The lowest BCUT2D eigenvalue weighted by atomic mass is 9.97. The van der Waals surface area contributed by atoms with Crippen molar-refractivity contribution in [2.45, 2.75) is 19.4 Å². The van der Waals surface area contributed by atoms with Gasteiger partial charge in [0.1, 0.15) is 6.54 Å². The molecule has 0 saturated carbocycles. The second kappa shape index (κ2) is 6.25. The summed E-state index contributed by atoms with van der Waals surface area (Å²) in [6.07, 6.45) is 2.08. The Labute approximate surface area is 127 Å². The minimum absolute atomic E-state index is 0.166. The van der Waals surface area contributed by atoms with Crippen LogP contribution < -0.4 is 11.2 Å². The smallest absolute Gasteiger partial charge is 0.328 e. The number of carbonyl (C=O) groups excluding carboxylic acids is 1. The van der Waals surface area contributed by atoms with Crippen LogP contribution >= 0.6 is 15.9 Å². The first-order chi connectivity index (χ1) is 9.88. The molecule has 1 aromatic heterocycles. The number of halogens is 1. The average molecular weight is 360 g/mol. The summed E-state index contributed by atoms with van der Waals surface area (Å²) in [4.78, 5) is 49.4. The molecule has 1 saturated heterocycles. The molecule has 1 amide bonds. The number of hydrogen-bond acceptors (Lipinski definition) is 4. The molecule has 0 aromatic carbocycles. The molecule has 8 nitrogen and oxygen atoms in total. The molecule has 2 N–H and O–H groups in total. The van der Waals surface area contributed by atoms with E-state index >= 15 is 0 Å². The van der Waals surface area contributed by atoms with Gasteiger partial charge >= 0.3 is 11.7 Å². The summed E-state index contributed by atoms with van der Waals surface area (Å²) in [6.45, 7) is 0.524. The summed E-state index contributed by atoms with van der Waals surface area (Å²) in [6, 6.07) is 0. The quantitative estimate of drug-likeness (QED) is 0.763. The van der Waals surface area contributed by atoms with E-state index in [1.165, 1.54) is 11.1 Å². The van der Waals surface area contributed by atoms with Crippen LogP contribution in [0, 0.1) is 5.92 Å². The number of carboxylic acid groups (broad SMARTS) is 1. The van der Waals surface area contributed by atoms with Crippen molar-refractivity contribution in [2.75, 3.05) is 13.1 Å². The molecule has 2 heterocycles. The average Bonchev–Trinajstić information content (AvgIpc) is 2.44. The lowest BCUT2D eigenvalue weighted by molar-refractivity contribution is -0.145. The Hall–Kier alpha value is -1.90. The fourth-order valence-electron chi connectivity index (χ4n) is 2.22. The highest BCUT2D eigenvalue weighted by Gasteiger charge is 2.27. The van der Waals surface area contributed by atoms with E-state index in [1.54, 1.807) is 0 Å². The fraction of sp³-hybridized carbons (Fsp3) is 0.500. The Balaban J connectivity index is 2.03. The number of carbonyl (C=O) groups is 2. The van der Waals surface area contributed by atoms with Crippen LogP contribution in [0.1, 0.15) is 12.8 Å². The summed E-state index contributed by atoms with van der Waals surface area (Å²) in [5.41, 5.74) is -1.21. The first-order valence-corrected chi connectivity index (χ1v) is 7.17. The molecule has 9 heteroatoms. The van der Waals surface area contributed by atoms with Crippen LogP contribution in [0.3, 0.4) is 0 Å². The molecule has 114 valence electrons. The Kier molecular flexibility index (Phi) is 4.61. The van der Waals surface area contributed by atoms with Crippen molar-refractivity contribution < 1.29 is 14.7 Å². The Bertz CT molecular complexity index is 672. The summed E-state index contributed by atoms with van der Waals surface area (Å²) < 4.78 is 1.27. The van der Waals surface area contributed by atoms with Gasteiger partial charge in [-0.05, 0) is 28.8 Å². The van der Waals surface area contributed by atoms with E-state index in [4.69, 9.17) is 5.11 Å². The molecular weight excluding hydrogens is 346 g/mol. The standard InChI is InChI=1S/C12H14BrN3O5/c13-8-5-16(12(21)14-10(8)18)6-9(17)15-3-1-7(2-4-15)11(19)20/h5,7H,1-4,6H2,(H,19,20)(H,14,18,21). The van der Waals surface area contributed by atoms with Gasteiger partial charge in [-0.15, -0.1) is 0 Å². The monoisotopic (exact) mass is 359 g/mol. The third-order valence-corrected chi connectivity index (χ3v) is 4.03. The van der Waals surface area contributed by atoms with Crippen molar-refractivity contribution in [3.05, 3.63) is 31.5 Å². The highest BCUT2D eigenvalue weighted by molar-refractivity contribution is 9.10. The maximum atomic E-state index is 12.1. The second-order valence-electron chi connectivity index (χ2n) is 4.86. The molecule has 0 bridgehead atoms. The maximum absolute atomic E-state index is 12.1. The second-order valence-corrected chi connectivity index (χ2v) is 5.71. The van der Waals surface area contributed by atoms with Gasteiger partial charge in [-0.1, -0.05) is 0 Å². The van der Waals surface area contributed by atoms with Gasteiger partial charge in [-0.2, -0.15) is 0 Å². The molecule has 21 heavy (non-hydrogen) atoms. The maximum Gasteiger partial charge on any atom is 0.328 e. The molecule has 0 aliphatic carbocycles. The first-order valence-electron chi connectivity index (χ1n) is 6.38. The number of aliphatic carboxylic acids is 1. The normalized spacial score (nSPS) is 16.0. The number of piperidine rings is 1. The number of nitrogens with zero attached hydrogens (tertiary/aromatic N) is 2. The molecule has 2 rings (SSSR count). The molecule has 0 atom stereocenters. The molecule has 1 fully saturated rings. The highest BCUT2D eigenvalue weighted by atomic mass is 79.9. The third-order valence-electron chi connectivity index (χ3n) is 3.47. The van der Waals surface area contributed by atoms with Crippen LogP contribution in [0.2, 0.25) is 0 Å². The van der Waals surface area contributed by atoms with Crippen LogP contribution in [0.4, 0.5) is 0 Å². The number of aromatic nitrogens is 2.